The molecule has 0 saturated heterocycles. The molecule has 0 radical (unpaired) electrons. The van der Waals surface area contributed by atoms with Gasteiger partial charge in [-0.1, -0.05) is 60.4 Å². The molecule has 0 aliphatic heterocycles. The van der Waals surface area contributed by atoms with Gasteiger partial charge in [-0.3, -0.25) is 4.79 Å². The highest BCUT2D eigenvalue weighted by molar-refractivity contribution is 6.14. The van der Waals surface area contributed by atoms with Crippen molar-refractivity contribution in [3.8, 4) is 11.5 Å². The van der Waals surface area contributed by atoms with Crippen LogP contribution in [0.1, 0.15) is 17.5 Å². The number of carbonyl (C=O) groups excluding carboxylic acids is 1. The van der Waals surface area contributed by atoms with Gasteiger partial charge in [-0.15, -0.1) is 5.10 Å². The van der Waals surface area contributed by atoms with E-state index in [1.54, 1.807) is 54.6 Å². The highest BCUT2D eigenvalue weighted by Crippen LogP contribution is 2.12. The standard InChI is InChI=1S/C22H20N6O3/c29-19-10-4-1-7-16(19)13-23-26-22(27-24-14-17-8-2-5-11-20(17)30)28-25-15-18-9-3-6-12-21(18)31/h1-11,13-15,29-30H,12H2,(H2,26,27,28)/p-1/b23-13+,24-14+,25-15?. The van der Waals surface area contributed by atoms with Gasteiger partial charge >= 0.3 is 0 Å². The van der Waals surface area contributed by atoms with Crippen molar-refractivity contribution < 1.29 is 15.0 Å². The van der Waals surface area contributed by atoms with Crippen molar-refractivity contribution in [2.75, 3.05) is 0 Å². The number of hydrogen-bond donors (Lipinski definition) is 3. The van der Waals surface area contributed by atoms with Crippen molar-refractivity contribution in [3.05, 3.63) is 83.5 Å². The van der Waals surface area contributed by atoms with Crippen LogP contribution in [-0.4, -0.2) is 35.5 Å². The zero-order valence-electron chi connectivity index (χ0n) is 16.3. The van der Waals surface area contributed by atoms with E-state index >= 15 is 0 Å². The average molecular weight is 415 g/mol. The number of guanidine groups is 1. The van der Waals surface area contributed by atoms with Gasteiger partial charge in [0.1, 0.15) is 5.75 Å². The van der Waals surface area contributed by atoms with Crippen LogP contribution < -0.4 is 16.0 Å². The second-order valence-electron chi connectivity index (χ2n) is 6.21. The van der Waals surface area contributed by atoms with Crippen molar-refractivity contribution in [2.24, 2.45) is 20.4 Å². The average Bonchev–Trinajstić information content (AvgIpc) is 2.77. The Morgan fingerprint density at radius 2 is 1.65 bits per heavy atom. The van der Waals surface area contributed by atoms with Crippen LogP contribution >= 0.6 is 0 Å². The van der Waals surface area contributed by atoms with E-state index in [0.717, 1.165) is 0 Å². The Labute approximate surface area is 178 Å². The molecule has 0 bridgehead atoms. The molecule has 0 aromatic heterocycles. The van der Waals surface area contributed by atoms with Crippen LogP contribution in [0.5, 0.6) is 11.5 Å². The molecule has 9 nitrogen and oxygen atoms in total. The molecule has 1 aliphatic carbocycles. The molecule has 0 atom stereocenters. The number of rotatable bonds is 6. The molecule has 0 unspecified atom stereocenters. The Balaban J connectivity index is 1.73. The number of benzene rings is 2. The van der Waals surface area contributed by atoms with Crippen LogP contribution in [0.25, 0.3) is 0 Å². The fraction of sp³-hybridized carbons (Fsp3) is 0.0455. The maximum Gasteiger partial charge on any atom is 0.257 e. The van der Waals surface area contributed by atoms with E-state index in [1.807, 2.05) is 0 Å². The molecule has 2 aromatic carbocycles. The van der Waals surface area contributed by atoms with Crippen LogP contribution in [0.2, 0.25) is 0 Å². The Morgan fingerprint density at radius 1 is 0.968 bits per heavy atom. The van der Waals surface area contributed by atoms with Crippen molar-refractivity contribution in [2.45, 2.75) is 6.42 Å². The van der Waals surface area contributed by atoms with Gasteiger partial charge in [0.05, 0.1) is 18.6 Å². The van der Waals surface area contributed by atoms with E-state index < -0.39 is 0 Å². The number of nitrogens with zero attached hydrogens (tertiary/aromatic N) is 4. The summed E-state index contributed by atoms with van der Waals surface area (Å²) in [4.78, 5) is 11.8. The van der Waals surface area contributed by atoms with Gasteiger partial charge in [0.25, 0.3) is 5.96 Å². The number of para-hydroxylation sites is 2. The third-order valence-corrected chi connectivity index (χ3v) is 4.00. The lowest BCUT2D eigenvalue weighted by molar-refractivity contribution is -0.268. The number of carbonyl (C=O) groups is 1. The van der Waals surface area contributed by atoms with E-state index in [4.69, 9.17) is 0 Å². The van der Waals surface area contributed by atoms with E-state index in [2.05, 4.69) is 31.3 Å². The quantitative estimate of drug-likeness (QED) is 0.376. The van der Waals surface area contributed by atoms with Crippen molar-refractivity contribution in [3.63, 3.8) is 0 Å². The smallest absolute Gasteiger partial charge is 0.257 e. The van der Waals surface area contributed by atoms with Gasteiger partial charge in [-0.05, 0) is 17.7 Å². The first-order valence-corrected chi connectivity index (χ1v) is 9.27. The van der Waals surface area contributed by atoms with Crippen LogP contribution in [0.3, 0.4) is 0 Å². The summed E-state index contributed by atoms with van der Waals surface area (Å²) in [6.07, 6.45) is 9.55. The number of phenols is 1. The number of ketones is 1. The molecule has 2 aromatic rings. The molecular formula is C22H19N6O3-. The van der Waals surface area contributed by atoms with Gasteiger partial charge < -0.3 is 10.2 Å². The minimum Gasteiger partial charge on any atom is -0.872 e. The zero-order valence-corrected chi connectivity index (χ0v) is 16.3. The van der Waals surface area contributed by atoms with Crippen molar-refractivity contribution in [1.82, 2.24) is 10.9 Å². The second kappa shape index (κ2) is 10.9. The lowest BCUT2D eigenvalue weighted by atomic mass is 10.1. The molecule has 1 aliphatic rings. The Kier molecular flexibility index (Phi) is 7.42. The third-order valence-electron chi connectivity index (χ3n) is 4.00. The number of hydrazone groups is 2. The summed E-state index contributed by atoms with van der Waals surface area (Å²) in [5.41, 5.74) is 6.53. The maximum atomic E-state index is 11.8. The first kappa shape index (κ1) is 21.2. The highest BCUT2D eigenvalue weighted by Gasteiger charge is 2.07. The molecule has 0 saturated carbocycles. The van der Waals surface area contributed by atoms with Crippen molar-refractivity contribution >= 4 is 30.4 Å². The number of hydrogen-bond acceptors (Lipinski definition) is 7. The Bertz CT molecular complexity index is 1060. The molecule has 9 heteroatoms. The van der Waals surface area contributed by atoms with Gasteiger partial charge in [-0.2, -0.15) is 15.3 Å². The molecular weight excluding hydrogens is 396 g/mol. The topological polar surface area (TPSA) is 134 Å². The fourth-order valence-electron chi connectivity index (χ4n) is 2.40. The summed E-state index contributed by atoms with van der Waals surface area (Å²) in [6, 6.07) is 13.1. The number of aromatic hydroxyl groups is 1. The minimum absolute atomic E-state index is 0.0296. The molecule has 31 heavy (non-hydrogen) atoms. The third kappa shape index (κ3) is 6.50. The van der Waals surface area contributed by atoms with Crippen LogP contribution in [-0.2, 0) is 4.79 Å². The predicted molar refractivity (Wildman–Crippen MR) is 118 cm³/mol. The lowest BCUT2D eigenvalue weighted by Gasteiger charge is -2.08. The predicted octanol–water partition coefficient (Wildman–Crippen LogP) is 1.81. The first-order valence-electron chi connectivity index (χ1n) is 9.27. The number of nitrogens with one attached hydrogen (secondary N) is 2. The van der Waals surface area contributed by atoms with E-state index in [9.17, 15) is 15.0 Å². The normalized spacial score (nSPS) is 14.5. The van der Waals surface area contributed by atoms with Gasteiger partial charge in [0.15, 0.2) is 5.78 Å². The van der Waals surface area contributed by atoms with Gasteiger partial charge in [0, 0.05) is 17.6 Å². The molecule has 0 heterocycles. The molecule has 0 fully saturated rings. The van der Waals surface area contributed by atoms with Crippen LogP contribution in [0.4, 0.5) is 0 Å². The lowest BCUT2D eigenvalue weighted by Crippen LogP contribution is -2.30. The van der Waals surface area contributed by atoms with E-state index in [1.165, 1.54) is 30.8 Å². The Morgan fingerprint density at radius 3 is 2.35 bits per heavy atom. The number of phenolic OH excluding ortho intramolecular Hbond substituents is 1. The summed E-state index contributed by atoms with van der Waals surface area (Å²) >= 11 is 0. The second-order valence-corrected chi connectivity index (χ2v) is 6.21. The highest BCUT2D eigenvalue weighted by atomic mass is 16.3. The summed E-state index contributed by atoms with van der Waals surface area (Å²) < 4.78 is 0. The summed E-state index contributed by atoms with van der Waals surface area (Å²) in [5, 5.41) is 37.3. The molecule has 3 rings (SSSR count). The van der Waals surface area contributed by atoms with E-state index in [-0.39, 0.29) is 23.2 Å². The van der Waals surface area contributed by atoms with Gasteiger partial charge in [-0.25, -0.2) is 10.9 Å². The Hall–Kier alpha value is -4.53. The van der Waals surface area contributed by atoms with Crippen LogP contribution in [0.15, 0.2) is 92.7 Å². The molecule has 0 spiro atoms. The summed E-state index contributed by atoms with van der Waals surface area (Å²) in [7, 11) is 0. The minimum atomic E-state index is -0.175. The molecule has 0 amide bonds. The van der Waals surface area contributed by atoms with Crippen molar-refractivity contribution in [1.29, 1.82) is 0 Å². The SMILES string of the molecule is O=C1CC=CC=C1C=NN=C(N/N=C/c1ccccc1[O-])N/N=C/c1ccccc1O. The van der Waals surface area contributed by atoms with E-state index in [0.29, 0.717) is 23.1 Å². The largest absolute Gasteiger partial charge is 0.872 e. The molecule has 3 N–H and O–H groups in total. The first-order chi connectivity index (χ1) is 15.1. The van der Waals surface area contributed by atoms with Crippen LogP contribution in [0, 0.1) is 0 Å². The van der Waals surface area contributed by atoms with Gasteiger partial charge in [0.2, 0.25) is 0 Å². The number of Topliss-reactive ketones (excluding diaryl/α,β-unsaturated/α-hetero) is 1. The monoisotopic (exact) mass is 415 g/mol. The maximum absolute atomic E-state index is 11.8. The zero-order chi connectivity index (χ0) is 21.9. The number of allylic oxidation sites excluding steroid dienone is 4. The summed E-state index contributed by atoms with van der Waals surface area (Å²) in [6.45, 7) is 0. The summed E-state index contributed by atoms with van der Waals surface area (Å²) in [5.74, 6) is -0.141. The molecule has 156 valence electrons. The fourth-order valence-corrected chi connectivity index (χ4v) is 2.40.